The van der Waals surface area contributed by atoms with E-state index >= 15 is 0 Å². The molecule has 3 aromatic rings. The lowest BCUT2D eigenvalue weighted by molar-refractivity contribution is -0.140. The molecule has 2 aromatic carbocycles. The van der Waals surface area contributed by atoms with Crippen LogP contribution in [0.4, 0.5) is 0 Å². The summed E-state index contributed by atoms with van der Waals surface area (Å²) < 4.78 is 6.90. The zero-order valence-electron chi connectivity index (χ0n) is 16.1. The molecule has 0 fully saturated rings. The molecular formula is C22H24N2O3S. The smallest absolute Gasteiger partial charge is 0.316 e. The fourth-order valence-corrected chi connectivity index (χ4v) is 3.82. The highest BCUT2D eigenvalue weighted by Gasteiger charge is 2.19. The molecular weight excluding hydrogens is 372 g/mol. The number of hydrogen-bond donors (Lipinski definition) is 0. The van der Waals surface area contributed by atoms with Gasteiger partial charge in [0.2, 0.25) is 0 Å². The van der Waals surface area contributed by atoms with E-state index in [4.69, 9.17) is 4.74 Å². The molecule has 1 atom stereocenters. The Balaban J connectivity index is 1.95. The van der Waals surface area contributed by atoms with E-state index < -0.39 is 0 Å². The van der Waals surface area contributed by atoms with Crippen LogP contribution >= 0.6 is 11.8 Å². The predicted molar refractivity (Wildman–Crippen MR) is 113 cm³/mol. The summed E-state index contributed by atoms with van der Waals surface area (Å²) in [6.45, 7) is 4.44. The summed E-state index contributed by atoms with van der Waals surface area (Å²) in [4.78, 5) is 29.9. The lowest BCUT2D eigenvalue weighted by atomic mass is 10.1. The quantitative estimate of drug-likeness (QED) is 0.244. The summed E-state index contributed by atoms with van der Waals surface area (Å²) in [6, 6.07) is 16.9. The number of carbonyl (C=O) groups excluding carboxylic acids is 1. The zero-order valence-corrected chi connectivity index (χ0v) is 16.9. The molecule has 5 nitrogen and oxygen atoms in total. The molecule has 0 saturated carbocycles. The van der Waals surface area contributed by atoms with Crippen molar-refractivity contribution >= 4 is 28.6 Å². The molecule has 0 aliphatic heterocycles. The van der Waals surface area contributed by atoms with Crippen LogP contribution in [0.25, 0.3) is 10.9 Å². The lowest BCUT2D eigenvalue weighted by Gasteiger charge is -2.19. The Morgan fingerprint density at radius 1 is 1.14 bits per heavy atom. The number of nitrogens with zero attached hydrogens (tertiary/aromatic N) is 2. The van der Waals surface area contributed by atoms with E-state index in [9.17, 15) is 9.59 Å². The molecule has 1 aromatic heterocycles. The van der Waals surface area contributed by atoms with Crippen LogP contribution in [0.1, 0.15) is 38.3 Å². The van der Waals surface area contributed by atoms with Gasteiger partial charge in [-0.25, -0.2) is 4.98 Å². The van der Waals surface area contributed by atoms with Gasteiger partial charge in [0.25, 0.3) is 5.56 Å². The second-order valence-electron chi connectivity index (χ2n) is 6.54. The molecule has 1 unspecified atom stereocenters. The summed E-state index contributed by atoms with van der Waals surface area (Å²) >= 11 is 1.24. The Hall–Kier alpha value is -2.60. The molecule has 1 heterocycles. The monoisotopic (exact) mass is 396 g/mol. The van der Waals surface area contributed by atoms with Gasteiger partial charge in [0.1, 0.15) is 0 Å². The first-order chi connectivity index (χ1) is 13.6. The molecule has 28 heavy (non-hydrogen) atoms. The van der Waals surface area contributed by atoms with Gasteiger partial charge in [-0.2, -0.15) is 0 Å². The number of unbranched alkanes of at least 4 members (excludes halogenated alkanes) is 1. The van der Waals surface area contributed by atoms with Crippen molar-refractivity contribution in [2.45, 2.75) is 37.9 Å². The maximum atomic E-state index is 13.2. The van der Waals surface area contributed by atoms with Crippen molar-refractivity contribution in [1.82, 2.24) is 9.55 Å². The second-order valence-corrected chi connectivity index (χ2v) is 7.48. The molecule has 0 spiro atoms. The minimum absolute atomic E-state index is 0.108. The number of carbonyl (C=O) groups is 1. The van der Waals surface area contributed by atoms with E-state index in [0.29, 0.717) is 22.7 Å². The van der Waals surface area contributed by atoms with Gasteiger partial charge < -0.3 is 4.74 Å². The van der Waals surface area contributed by atoms with Crippen molar-refractivity contribution in [2.75, 3.05) is 12.4 Å². The van der Waals surface area contributed by atoms with E-state index in [0.717, 1.165) is 18.4 Å². The van der Waals surface area contributed by atoms with Crippen molar-refractivity contribution in [1.29, 1.82) is 0 Å². The molecule has 0 saturated heterocycles. The first kappa shape index (κ1) is 20.1. The number of hydrogen-bond acceptors (Lipinski definition) is 5. The summed E-state index contributed by atoms with van der Waals surface area (Å²) in [6.07, 6.45) is 1.82. The molecule has 3 rings (SSSR count). The molecule has 0 aliphatic rings. The van der Waals surface area contributed by atoms with Crippen molar-refractivity contribution in [3.05, 3.63) is 70.5 Å². The summed E-state index contributed by atoms with van der Waals surface area (Å²) in [5, 5.41) is 1.09. The maximum absolute atomic E-state index is 13.2. The molecule has 146 valence electrons. The normalized spacial score (nSPS) is 12.1. The van der Waals surface area contributed by atoms with E-state index in [1.807, 2.05) is 62.4 Å². The summed E-state index contributed by atoms with van der Waals surface area (Å²) in [5.41, 5.74) is 1.53. The summed E-state index contributed by atoms with van der Waals surface area (Å²) in [5.74, 6) is -0.171. The Morgan fingerprint density at radius 2 is 1.86 bits per heavy atom. The Morgan fingerprint density at radius 3 is 2.61 bits per heavy atom. The summed E-state index contributed by atoms with van der Waals surface area (Å²) in [7, 11) is 0. The third-order valence-corrected chi connectivity index (χ3v) is 5.45. The van der Waals surface area contributed by atoms with Crippen LogP contribution in [0.2, 0.25) is 0 Å². The number of esters is 1. The van der Waals surface area contributed by atoms with E-state index in [1.165, 1.54) is 11.8 Å². The van der Waals surface area contributed by atoms with Crippen molar-refractivity contribution in [3.63, 3.8) is 0 Å². The molecule has 0 amide bonds. The molecule has 0 bridgehead atoms. The molecule has 6 heteroatoms. The van der Waals surface area contributed by atoms with E-state index in [1.54, 1.807) is 10.6 Å². The minimum atomic E-state index is -0.292. The average molecular weight is 397 g/mol. The van der Waals surface area contributed by atoms with Crippen LogP contribution in [0.3, 0.4) is 0 Å². The number of ether oxygens (including phenoxy) is 1. The van der Waals surface area contributed by atoms with Gasteiger partial charge in [0.05, 0.1) is 29.3 Å². The number of rotatable bonds is 8. The van der Waals surface area contributed by atoms with E-state index in [2.05, 4.69) is 4.98 Å². The van der Waals surface area contributed by atoms with Gasteiger partial charge in [-0.05, 0) is 31.0 Å². The first-order valence-corrected chi connectivity index (χ1v) is 10.4. The fourth-order valence-electron chi connectivity index (χ4n) is 2.94. The highest BCUT2D eigenvalue weighted by Crippen LogP contribution is 2.25. The van der Waals surface area contributed by atoms with Crippen molar-refractivity contribution in [2.24, 2.45) is 0 Å². The lowest BCUT2D eigenvalue weighted by Crippen LogP contribution is -2.27. The second kappa shape index (κ2) is 9.55. The predicted octanol–water partition coefficient (Wildman–Crippen LogP) is 4.44. The van der Waals surface area contributed by atoms with Crippen LogP contribution in [0, 0.1) is 0 Å². The molecule has 0 radical (unpaired) electrons. The van der Waals surface area contributed by atoms with Gasteiger partial charge in [-0.15, -0.1) is 0 Å². The van der Waals surface area contributed by atoms with Crippen LogP contribution in [-0.2, 0) is 9.53 Å². The topological polar surface area (TPSA) is 61.2 Å². The minimum Gasteiger partial charge on any atom is -0.465 e. The highest BCUT2D eigenvalue weighted by atomic mass is 32.2. The van der Waals surface area contributed by atoms with Gasteiger partial charge in [0, 0.05) is 0 Å². The van der Waals surface area contributed by atoms with Gasteiger partial charge >= 0.3 is 5.97 Å². The first-order valence-electron chi connectivity index (χ1n) is 9.46. The highest BCUT2D eigenvalue weighted by molar-refractivity contribution is 7.99. The Bertz CT molecular complexity index is 1000. The van der Waals surface area contributed by atoms with Gasteiger partial charge in [-0.3, -0.25) is 14.2 Å². The van der Waals surface area contributed by atoms with Gasteiger partial charge in [-0.1, -0.05) is 67.6 Å². The third-order valence-electron chi connectivity index (χ3n) is 4.52. The van der Waals surface area contributed by atoms with Gasteiger partial charge in [0.15, 0.2) is 5.16 Å². The van der Waals surface area contributed by atoms with Crippen LogP contribution in [0.15, 0.2) is 64.5 Å². The van der Waals surface area contributed by atoms with Crippen molar-refractivity contribution < 1.29 is 9.53 Å². The average Bonchev–Trinajstić information content (AvgIpc) is 2.73. The van der Waals surface area contributed by atoms with Crippen LogP contribution < -0.4 is 5.56 Å². The Labute approximate surface area is 168 Å². The van der Waals surface area contributed by atoms with Crippen molar-refractivity contribution in [3.8, 4) is 0 Å². The maximum Gasteiger partial charge on any atom is 0.316 e. The standard InChI is InChI=1S/C22H24N2O3S/c1-3-4-14-27-20(25)15-28-22-23-19-13-9-8-12-18(19)21(26)24(22)16(2)17-10-6-5-7-11-17/h5-13,16H,3-4,14-15H2,1-2H3. The largest absolute Gasteiger partial charge is 0.465 e. The SMILES string of the molecule is CCCCOC(=O)CSc1nc2ccccc2c(=O)n1C(C)c1ccccc1. The number of fused-ring (bicyclic) bond motifs is 1. The van der Waals surface area contributed by atoms with Crippen LogP contribution in [0.5, 0.6) is 0 Å². The van der Waals surface area contributed by atoms with E-state index in [-0.39, 0.29) is 23.3 Å². The third kappa shape index (κ3) is 4.62. The fraction of sp³-hybridized carbons (Fsp3) is 0.318. The number of benzene rings is 2. The zero-order chi connectivity index (χ0) is 19.9. The number of aromatic nitrogens is 2. The number of para-hydroxylation sites is 1. The molecule has 0 aliphatic carbocycles. The molecule has 0 N–H and O–H groups in total. The van der Waals surface area contributed by atoms with Crippen LogP contribution in [-0.4, -0.2) is 27.9 Å². The Kier molecular flexibility index (Phi) is 6.87. The number of thioether (sulfide) groups is 1.